The molecule has 0 unspecified atom stereocenters. The molecule has 2 aromatic rings. The SMILES string of the molecule is CC(C)(C)c1ccc(N2CCN(C(=O)CCc3ccccc3)CC2)cc1. The normalized spacial score (nSPS) is 15.2. The Morgan fingerprint density at radius 1 is 0.885 bits per heavy atom. The number of aryl methyl sites for hydroxylation is 1. The zero-order chi connectivity index (χ0) is 18.6. The Bertz CT molecular complexity index is 708. The highest BCUT2D eigenvalue weighted by Gasteiger charge is 2.21. The van der Waals surface area contributed by atoms with E-state index in [0.29, 0.717) is 6.42 Å². The third kappa shape index (κ3) is 4.66. The van der Waals surface area contributed by atoms with Gasteiger partial charge in [0.15, 0.2) is 0 Å². The van der Waals surface area contributed by atoms with E-state index >= 15 is 0 Å². The van der Waals surface area contributed by atoms with Crippen molar-refractivity contribution in [1.82, 2.24) is 4.90 Å². The van der Waals surface area contributed by atoms with Crippen molar-refractivity contribution in [3.8, 4) is 0 Å². The molecule has 3 heteroatoms. The highest BCUT2D eigenvalue weighted by Crippen LogP contribution is 2.25. The molecule has 0 saturated carbocycles. The van der Waals surface area contributed by atoms with Gasteiger partial charge in [0.05, 0.1) is 0 Å². The van der Waals surface area contributed by atoms with Crippen molar-refractivity contribution >= 4 is 11.6 Å². The van der Waals surface area contributed by atoms with Crippen LogP contribution in [0.3, 0.4) is 0 Å². The molecular formula is C23H30N2O. The highest BCUT2D eigenvalue weighted by molar-refractivity contribution is 5.76. The number of hydrogen-bond acceptors (Lipinski definition) is 2. The van der Waals surface area contributed by atoms with Crippen LogP contribution in [0.5, 0.6) is 0 Å². The van der Waals surface area contributed by atoms with Crippen molar-refractivity contribution in [2.75, 3.05) is 31.1 Å². The van der Waals surface area contributed by atoms with Gasteiger partial charge >= 0.3 is 0 Å². The Kier molecular flexibility index (Phi) is 5.65. The number of anilines is 1. The van der Waals surface area contributed by atoms with Crippen LogP contribution in [0.2, 0.25) is 0 Å². The molecule has 1 aliphatic rings. The molecule has 1 fully saturated rings. The molecule has 0 aliphatic carbocycles. The predicted molar refractivity (Wildman–Crippen MR) is 109 cm³/mol. The van der Waals surface area contributed by atoms with Gasteiger partial charge in [0.1, 0.15) is 0 Å². The van der Waals surface area contributed by atoms with E-state index in [4.69, 9.17) is 0 Å². The van der Waals surface area contributed by atoms with Crippen molar-refractivity contribution in [3.63, 3.8) is 0 Å². The Balaban J connectivity index is 1.50. The molecule has 1 heterocycles. The fourth-order valence-electron chi connectivity index (χ4n) is 3.44. The molecule has 0 N–H and O–H groups in total. The van der Waals surface area contributed by atoms with Crippen LogP contribution in [0.4, 0.5) is 5.69 Å². The third-order valence-corrected chi connectivity index (χ3v) is 5.20. The lowest BCUT2D eigenvalue weighted by atomic mass is 9.87. The molecule has 1 aliphatic heterocycles. The average molecular weight is 351 g/mol. The van der Waals surface area contributed by atoms with E-state index < -0.39 is 0 Å². The van der Waals surface area contributed by atoms with Crippen molar-refractivity contribution in [2.45, 2.75) is 39.0 Å². The van der Waals surface area contributed by atoms with Crippen molar-refractivity contribution < 1.29 is 4.79 Å². The molecule has 1 saturated heterocycles. The Morgan fingerprint density at radius 2 is 1.50 bits per heavy atom. The van der Waals surface area contributed by atoms with Crippen LogP contribution < -0.4 is 4.90 Å². The number of carbonyl (C=O) groups excluding carboxylic acids is 1. The summed E-state index contributed by atoms with van der Waals surface area (Å²) in [4.78, 5) is 16.9. The molecule has 0 spiro atoms. The zero-order valence-corrected chi connectivity index (χ0v) is 16.2. The second-order valence-corrected chi connectivity index (χ2v) is 8.15. The Hall–Kier alpha value is -2.29. The summed E-state index contributed by atoms with van der Waals surface area (Å²) < 4.78 is 0. The summed E-state index contributed by atoms with van der Waals surface area (Å²) >= 11 is 0. The predicted octanol–water partition coefficient (Wildman–Crippen LogP) is 4.27. The van der Waals surface area contributed by atoms with E-state index in [0.717, 1.165) is 32.6 Å². The van der Waals surface area contributed by atoms with E-state index in [1.54, 1.807) is 0 Å². The van der Waals surface area contributed by atoms with Gasteiger partial charge in [-0.25, -0.2) is 0 Å². The number of benzene rings is 2. The van der Waals surface area contributed by atoms with Crippen LogP contribution in [0, 0.1) is 0 Å². The van der Waals surface area contributed by atoms with Crippen LogP contribution >= 0.6 is 0 Å². The van der Waals surface area contributed by atoms with Crippen molar-refractivity contribution in [1.29, 1.82) is 0 Å². The summed E-state index contributed by atoms with van der Waals surface area (Å²) in [6, 6.07) is 19.1. The number of piperazine rings is 1. The maximum Gasteiger partial charge on any atom is 0.223 e. The van der Waals surface area contributed by atoms with E-state index in [9.17, 15) is 4.79 Å². The number of nitrogens with zero attached hydrogens (tertiary/aromatic N) is 2. The molecule has 3 rings (SSSR count). The fraction of sp³-hybridized carbons (Fsp3) is 0.435. The van der Waals surface area contributed by atoms with Crippen LogP contribution in [0.1, 0.15) is 38.3 Å². The van der Waals surface area contributed by atoms with Gasteiger partial charge in [-0.3, -0.25) is 4.79 Å². The summed E-state index contributed by atoms with van der Waals surface area (Å²) in [5, 5.41) is 0. The van der Waals surface area contributed by atoms with Crippen LogP contribution in [0.15, 0.2) is 54.6 Å². The largest absolute Gasteiger partial charge is 0.368 e. The number of hydrogen-bond donors (Lipinski definition) is 0. The molecule has 1 amide bonds. The first-order chi connectivity index (χ1) is 12.4. The topological polar surface area (TPSA) is 23.6 Å². The lowest BCUT2D eigenvalue weighted by molar-refractivity contribution is -0.131. The van der Waals surface area contributed by atoms with Crippen LogP contribution in [0.25, 0.3) is 0 Å². The minimum Gasteiger partial charge on any atom is -0.368 e. The minimum atomic E-state index is 0.183. The maximum absolute atomic E-state index is 12.5. The standard InChI is InChI=1S/C23H30N2O/c1-23(2,3)20-10-12-21(13-11-20)24-15-17-25(18-16-24)22(26)14-9-19-7-5-4-6-8-19/h4-8,10-13H,9,14-18H2,1-3H3. The molecule has 3 nitrogen and oxygen atoms in total. The highest BCUT2D eigenvalue weighted by atomic mass is 16.2. The Morgan fingerprint density at radius 3 is 2.08 bits per heavy atom. The quantitative estimate of drug-likeness (QED) is 0.822. The molecule has 138 valence electrons. The molecule has 0 bridgehead atoms. The summed E-state index contributed by atoms with van der Waals surface area (Å²) in [5.74, 6) is 0.275. The van der Waals surface area contributed by atoms with Gasteiger partial charge in [-0.15, -0.1) is 0 Å². The van der Waals surface area contributed by atoms with Gasteiger partial charge in [-0.2, -0.15) is 0 Å². The van der Waals surface area contributed by atoms with Crippen molar-refractivity contribution in [2.24, 2.45) is 0 Å². The van der Waals surface area contributed by atoms with Gasteiger partial charge in [0.2, 0.25) is 5.91 Å². The maximum atomic E-state index is 12.5. The van der Waals surface area contributed by atoms with Gasteiger partial charge in [0, 0.05) is 38.3 Å². The minimum absolute atomic E-state index is 0.183. The third-order valence-electron chi connectivity index (χ3n) is 5.20. The summed E-state index contributed by atoms with van der Waals surface area (Å²) in [6.07, 6.45) is 1.43. The molecular weight excluding hydrogens is 320 g/mol. The first-order valence-corrected chi connectivity index (χ1v) is 9.61. The van der Waals surface area contributed by atoms with Gasteiger partial charge in [-0.05, 0) is 35.1 Å². The van der Waals surface area contributed by atoms with E-state index in [1.807, 2.05) is 23.1 Å². The monoisotopic (exact) mass is 350 g/mol. The lowest BCUT2D eigenvalue weighted by Gasteiger charge is -2.36. The number of amides is 1. The van der Waals surface area contributed by atoms with E-state index in [-0.39, 0.29) is 11.3 Å². The second-order valence-electron chi connectivity index (χ2n) is 8.15. The van der Waals surface area contributed by atoms with E-state index in [2.05, 4.69) is 62.1 Å². The first kappa shape index (κ1) is 18.5. The zero-order valence-electron chi connectivity index (χ0n) is 16.2. The van der Waals surface area contributed by atoms with Gasteiger partial charge in [0.25, 0.3) is 0 Å². The molecule has 0 atom stereocenters. The lowest BCUT2D eigenvalue weighted by Crippen LogP contribution is -2.48. The summed E-state index contributed by atoms with van der Waals surface area (Å²) in [6.45, 7) is 10.2. The molecule has 26 heavy (non-hydrogen) atoms. The molecule has 0 radical (unpaired) electrons. The number of carbonyl (C=O) groups is 1. The van der Waals surface area contributed by atoms with Gasteiger partial charge < -0.3 is 9.80 Å². The molecule has 2 aromatic carbocycles. The second kappa shape index (κ2) is 7.94. The van der Waals surface area contributed by atoms with Crippen molar-refractivity contribution in [3.05, 3.63) is 65.7 Å². The van der Waals surface area contributed by atoms with Crippen LogP contribution in [-0.2, 0) is 16.6 Å². The first-order valence-electron chi connectivity index (χ1n) is 9.61. The van der Waals surface area contributed by atoms with Gasteiger partial charge in [-0.1, -0.05) is 63.2 Å². The average Bonchev–Trinajstić information content (AvgIpc) is 2.66. The number of rotatable bonds is 4. The van der Waals surface area contributed by atoms with Crippen LogP contribution in [-0.4, -0.2) is 37.0 Å². The summed E-state index contributed by atoms with van der Waals surface area (Å²) in [7, 11) is 0. The molecule has 0 aromatic heterocycles. The fourth-order valence-corrected chi connectivity index (χ4v) is 3.44. The smallest absolute Gasteiger partial charge is 0.223 e. The van der Waals surface area contributed by atoms with E-state index in [1.165, 1.54) is 16.8 Å². The summed E-state index contributed by atoms with van der Waals surface area (Å²) in [5.41, 5.74) is 4.03. The Labute approximate surface area is 157 Å².